The summed E-state index contributed by atoms with van der Waals surface area (Å²) in [5.41, 5.74) is 2.05. The maximum atomic E-state index is 12.9. The summed E-state index contributed by atoms with van der Waals surface area (Å²) in [4.78, 5) is 12.9. The van der Waals surface area contributed by atoms with E-state index in [0.717, 1.165) is 44.1 Å². The summed E-state index contributed by atoms with van der Waals surface area (Å²) in [6.07, 6.45) is 6.55. The topological polar surface area (TPSA) is 47.6 Å². The molecule has 0 amide bonds. The average Bonchev–Trinajstić information content (AvgIpc) is 3.55. The Bertz CT molecular complexity index is 620. The van der Waals surface area contributed by atoms with Crippen LogP contribution in [0.5, 0.6) is 5.75 Å². The highest BCUT2D eigenvalue weighted by molar-refractivity contribution is 5.99. The molecule has 4 nitrogen and oxygen atoms in total. The minimum Gasteiger partial charge on any atom is -0.496 e. The highest BCUT2D eigenvalue weighted by atomic mass is 16.5. The number of ketones is 1. The van der Waals surface area contributed by atoms with Gasteiger partial charge in [0.1, 0.15) is 5.75 Å². The number of hydrogen-bond acceptors (Lipinski definition) is 4. The van der Waals surface area contributed by atoms with Crippen LogP contribution in [0.2, 0.25) is 0 Å². The second kappa shape index (κ2) is 7.46. The van der Waals surface area contributed by atoms with E-state index in [4.69, 9.17) is 9.47 Å². The molecule has 2 aliphatic carbocycles. The minimum atomic E-state index is 0.216. The van der Waals surface area contributed by atoms with Crippen molar-refractivity contribution in [3.63, 3.8) is 0 Å². The van der Waals surface area contributed by atoms with Crippen LogP contribution >= 0.6 is 0 Å². The molecule has 0 aromatic heterocycles. The predicted molar refractivity (Wildman–Crippen MR) is 97.4 cm³/mol. The van der Waals surface area contributed by atoms with Crippen molar-refractivity contribution >= 4 is 5.78 Å². The molecule has 2 saturated carbocycles. The Kier molecular flexibility index (Phi) is 5.09. The van der Waals surface area contributed by atoms with Gasteiger partial charge < -0.3 is 14.8 Å². The second-order valence-electron chi connectivity index (χ2n) is 7.94. The monoisotopic (exact) mass is 343 g/mol. The van der Waals surface area contributed by atoms with E-state index in [1.54, 1.807) is 7.11 Å². The van der Waals surface area contributed by atoms with Crippen LogP contribution in [-0.2, 0) is 4.74 Å². The summed E-state index contributed by atoms with van der Waals surface area (Å²) in [5.74, 6) is 2.84. The van der Waals surface area contributed by atoms with E-state index in [-0.39, 0.29) is 5.78 Å². The minimum absolute atomic E-state index is 0.216. The number of benzene rings is 1. The lowest BCUT2D eigenvalue weighted by Gasteiger charge is -2.21. The highest BCUT2D eigenvalue weighted by Gasteiger charge is 2.39. The molecule has 3 fully saturated rings. The van der Waals surface area contributed by atoms with Crippen LogP contribution in [0.15, 0.2) is 18.2 Å². The molecule has 0 radical (unpaired) electrons. The number of methoxy groups -OCH3 is 1. The fourth-order valence-electron chi connectivity index (χ4n) is 3.93. The zero-order valence-corrected chi connectivity index (χ0v) is 15.1. The molecule has 1 N–H and O–H groups in total. The predicted octanol–water partition coefficient (Wildman–Crippen LogP) is 3.55. The van der Waals surface area contributed by atoms with Crippen molar-refractivity contribution in [2.24, 2.45) is 11.8 Å². The van der Waals surface area contributed by atoms with E-state index in [1.165, 1.54) is 24.8 Å². The molecule has 3 aliphatic rings. The van der Waals surface area contributed by atoms with E-state index < -0.39 is 0 Å². The third-order valence-electron chi connectivity index (χ3n) is 5.92. The van der Waals surface area contributed by atoms with Gasteiger partial charge in [-0.3, -0.25) is 4.79 Å². The van der Waals surface area contributed by atoms with Crippen molar-refractivity contribution in [3.05, 3.63) is 29.3 Å². The van der Waals surface area contributed by atoms with E-state index in [2.05, 4.69) is 17.4 Å². The van der Waals surface area contributed by atoms with Gasteiger partial charge in [0.15, 0.2) is 5.78 Å². The number of carbonyl (C=O) groups is 1. The summed E-state index contributed by atoms with van der Waals surface area (Å²) in [6, 6.07) is 6.78. The smallest absolute Gasteiger partial charge is 0.166 e. The summed E-state index contributed by atoms with van der Waals surface area (Å²) in [7, 11) is 1.65. The van der Waals surface area contributed by atoms with Gasteiger partial charge in [-0.15, -0.1) is 0 Å². The molecule has 0 bridgehead atoms. The number of nitrogens with one attached hydrogen (secondary N) is 1. The summed E-state index contributed by atoms with van der Waals surface area (Å²) >= 11 is 0. The molecule has 25 heavy (non-hydrogen) atoms. The molecule has 4 heteroatoms. The molecular weight excluding hydrogens is 314 g/mol. The second-order valence-corrected chi connectivity index (χ2v) is 7.94. The van der Waals surface area contributed by atoms with Gasteiger partial charge in [0.25, 0.3) is 0 Å². The maximum absolute atomic E-state index is 12.9. The van der Waals surface area contributed by atoms with Gasteiger partial charge >= 0.3 is 0 Å². The van der Waals surface area contributed by atoms with E-state index in [0.29, 0.717) is 30.0 Å². The third-order valence-corrected chi connectivity index (χ3v) is 5.92. The number of carbonyl (C=O) groups excluding carboxylic acids is 1. The largest absolute Gasteiger partial charge is 0.496 e. The van der Waals surface area contributed by atoms with Crippen molar-refractivity contribution in [3.8, 4) is 5.75 Å². The van der Waals surface area contributed by atoms with Crippen molar-refractivity contribution < 1.29 is 14.3 Å². The maximum Gasteiger partial charge on any atom is 0.166 e. The van der Waals surface area contributed by atoms with Crippen molar-refractivity contribution in [1.29, 1.82) is 0 Å². The van der Waals surface area contributed by atoms with Gasteiger partial charge in [0.05, 0.1) is 12.7 Å². The van der Waals surface area contributed by atoms with Gasteiger partial charge in [-0.05, 0) is 68.2 Å². The van der Waals surface area contributed by atoms with Crippen LogP contribution in [0, 0.1) is 11.8 Å². The molecule has 0 spiro atoms. The Morgan fingerprint density at radius 1 is 1.20 bits per heavy atom. The lowest BCUT2D eigenvalue weighted by molar-refractivity contribution is 0.0600. The quantitative estimate of drug-likeness (QED) is 0.733. The summed E-state index contributed by atoms with van der Waals surface area (Å²) in [6.45, 7) is 2.73. The Hall–Kier alpha value is -1.39. The van der Waals surface area contributed by atoms with E-state index >= 15 is 0 Å². The number of Topliss-reactive ketones (excluding diaryl/α,β-unsaturated/α-hetero) is 1. The fraction of sp³-hybridized carbons (Fsp3) is 0.667. The van der Waals surface area contributed by atoms with Crippen LogP contribution in [0.1, 0.15) is 60.4 Å². The van der Waals surface area contributed by atoms with Crippen LogP contribution in [0.4, 0.5) is 0 Å². The highest BCUT2D eigenvalue weighted by Crippen LogP contribution is 2.43. The summed E-state index contributed by atoms with van der Waals surface area (Å²) < 4.78 is 10.9. The molecule has 1 aromatic rings. The van der Waals surface area contributed by atoms with Crippen molar-refractivity contribution in [2.45, 2.75) is 50.5 Å². The standard InChI is InChI=1S/C21H29NO3/c1-24-21-5-4-16(17-12-19(17)22-13-15-2-3-15)11-18(21)20(23)10-14-6-8-25-9-7-14/h4-5,11,14-15,17,19,22H,2-3,6-10,12-13H2,1H3. The molecule has 1 aromatic carbocycles. The molecule has 1 heterocycles. The first-order chi connectivity index (χ1) is 12.2. The number of ether oxygens (including phenoxy) is 2. The van der Waals surface area contributed by atoms with Gasteiger partial charge in [-0.25, -0.2) is 0 Å². The Balaban J connectivity index is 1.41. The van der Waals surface area contributed by atoms with Gasteiger partial charge in [0.2, 0.25) is 0 Å². The lowest BCUT2D eigenvalue weighted by Crippen LogP contribution is -2.20. The average molecular weight is 343 g/mol. The van der Waals surface area contributed by atoms with Crippen LogP contribution < -0.4 is 10.1 Å². The summed E-state index contributed by atoms with van der Waals surface area (Å²) in [5, 5.41) is 3.68. The van der Waals surface area contributed by atoms with Gasteiger partial charge in [0, 0.05) is 31.6 Å². The van der Waals surface area contributed by atoms with Crippen LogP contribution in [-0.4, -0.2) is 38.7 Å². The number of rotatable bonds is 8. The van der Waals surface area contributed by atoms with Crippen LogP contribution in [0.3, 0.4) is 0 Å². The van der Waals surface area contributed by atoms with Gasteiger partial charge in [-0.1, -0.05) is 6.07 Å². The Morgan fingerprint density at radius 2 is 2.00 bits per heavy atom. The van der Waals surface area contributed by atoms with Crippen molar-refractivity contribution in [1.82, 2.24) is 5.32 Å². The Morgan fingerprint density at radius 3 is 2.72 bits per heavy atom. The SMILES string of the molecule is COc1ccc(C2CC2NCC2CC2)cc1C(=O)CC1CCOCC1. The molecular formula is C21H29NO3. The van der Waals surface area contributed by atoms with Gasteiger partial charge in [-0.2, -0.15) is 0 Å². The zero-order valence-electron chi connectivity index (χ0n) is 15.1. The third kappa shape index (κ3) is 4.24. The van der Waals surface area contributed by atoms with Crippen LogP contribution in [0.25, 0.3) is 0 Å². The Labute approximate surface area is 150 Å². The molecule has 1 saturated heterocycles. The first-order valence-electron chi connectivity index (χ1n) is 9.77. The first-order valence-corrected chi connectivity index (χ1v) is 9.77. The molecule has 136 valence electrons. The van der Waals surface area contributed by atoms with E-state index in [9.17, 15) is 4.79 Å². The molecule has 4 rings (SSSR count). The fourth-order valence-corrected chi connectivity index (χ4v) is 3.93. The first kappa shape index (κ1) is 17.0. The molecule has 2 unspecified atom stereocenters. The number of hydrogen-bond donors (Lipinski definition) is 1. The van der Waals surface area contributed by atoms with Crippen molar-refractivity contribution in [2.75, 3.05) is 26.9 Å². The molecule has 1 aliphatic heterocycles. The lowest BCUT2D eigenvalue weighted by atomic mass is 9.91. The zero-order chi connectivity index (χ0) is 17.2. The van der Waals surface area contributed by atoms with E-state index in [1.807, 2.05) is 6.07 Å². The molecule has 2 atom stereocenters. The normalized spacial score (nSPS) is 26.4.